The van der Waals surface area contributed by atoms with E-state index in [4.69, 9.17) is 32.4 Å². The van der Waals surface area contributed by atoms with Gasteiger partial charge in [0.1, 0.15) is 5.75 Å². The Labute approximate surface area is 153 Å². The first-order chi connectivity index (χ1) is 12.0. The van der Waals surface area contributed by atoms with Gasteiger partial charge in [0.2, 0.25) is 0 Å². The Balaban J connectivity index is 2.00. The Morgan fingerprint density at radius 2 is 1.96 bits per heavy atom. The van der Waals surface area contributed by atoms with Crippen LogP contribution in [0, 0.1) is 0 Å². The first kappa shape index (κ1) is 17.3. The number of benzene rings is 2. The van der Waals surface area contributed by atoms with Gasteiger partial charge in [0.15, 0.2) is 16.8 Å². The van der Waals surface area contributed by atoms with Crippen molar-refractivity contribution in [2.24, 2.45) is 0 Å². The lowest BCUT2D eigenvalue weighted by Crippen LogP contribution is -2.15. The molecule has 0 aliphatic carbocycles. The van der Waals surface area contributed by atoms with Gasteiger partial charge in [-0.3, -0.25) is 9.59 Å². The van der Waals surface area contributed by atoms with E-state index < -0.39 is 11.3 Å². The van der Waals surface area contributed by atoms with Crippen molar-refractivity contribution in [1.82, 2.24) is 0 Å². The molecule has 0 fully saturated rings. The molecule has 0 saturated carbocycles. The van der Waals surface area contributed by atoms with Crippen LogP contribution in [0.3, 0.4) is 0 Å². The Hall–Kier alpha value is -2.50. The molecule has 0 atom stereocenters. The minimum Gasteiger partial charge on any atom is -0.492 e. The molecule has 0 aliphatic rings. The second kappa shape index (κ2) is 7.17. The molecule has 0 bridgehead atoms. The number of para-hydroxylation sites is 2. The van der Waals surface area contributed by atoms with E-state index in [2.05, 4.69) is 5.32 Å². The molecule has 2 aromatic carbocycles. The first-order valence-electron chi connectivity index (χ1n) is 7.45. The SMILES string of the molecule is CCOc1ccccc1NC(=O)c1cc(=O)c2cc(Cl)cc(Cl)c2o1. The molecule has 0 saturated heterocycles. The lowest BCUT2D eigenvalue weighted by Gasteiger charge is -2.11. The van der Waals surface area contributed by atoms with E-state index >= 15 is 0 Å². The van der Waals surface area contributed by atoms with Gasteiger partial charge in [0.25, 0.3) is 5.91 Å². The van der Waals surface area contributed by atoms with Crippen LogP contribution in [0.25, 0.3) is 11.0 Å². The summed E-state index contributed by atoms with van der Waals surface area (Å²) < 4.78 is 11.0. The monoisotopic (exact) mass is 377 g/mol. The van der Waals surface area contributed by atoms with Gasteiger partial charge in [-0.1, -0.05) is 35.3 Å². The first-order valence-corrected chi connectivity index (χ1v) is 8.21. The highest BCUT2D eigenvalue weighted by atomic mass is 35.5. The maximum atomic E-state index is 12.5. The predicted molar refractivity (Wildman–Crippen MR) is 98.1 cm³/mol. The molecule has 3 rings (SSSR count). The summed E-state index contributed by atoms with van der Waals surface area (Å²) in [5.41, 5.74) is 0.176. The Morgan fingerprint density at radius 3 is 2.72 bits per heavy atom. The summed E-state index contributed by atoms with van der Waals surface area (Å²) >= 11 is 12.0. The van der Waals surface area contributed by atoms with E-state index in [0.29, 0.717) is 23.1 Å². The van der Waals surface area contributed by atoms with Gasteiger partial charge in [0, 0.05) is 11.1 Å². The van der Waals surface area contributed by atoms with Crippen LogP contribution in [0.2, 0.25) is 10.0 Å². The number of carbonyl (C=O) groups is 1. The molecule has 25 heavy (non-hydrogen) atoms. The summed E-state index contributed by atoms with van der Waals surface area (Å²) in [7, 11) is 0. The second-order valence-electron chi connectivity index (χ2n) is 5.12. The summed E-state index contributed by atoms with van der Waals surface area (Å²) in [6.07, 6.45) is 0. The molecular weight excluding hydrogens is 365 g/mol. The number of fused-ring (bicyclic) bond motifs is 1. The number of halogens is 2. The summed E-state index contributed by atoms with van der Waals surface area (Å²) in [5, 5.41) is 3.35. The molecular formula is C18H13Cl2NO4. The largest absolute Gasteiger partial charge is 0.492 e. The number of hydrogen-bond donors (Lipinski definition) is 1. The minimum atomic E-state index is -0.586. The zero-order chi connectivity index (χ0) is 18.0. The van der Waals surface area contributed by atoms with Crippen molar-refractivity contribution in [3.05, 3.63) is 68.5 Å². The average Bonchev–Trinajstić information content (AvgIpc) is 2.57. The molecule has 1 aromatic heterocycles. The number of hydrogen-bond acceptors (Lipinski definition) is 4. The quantitative estimate of drug-likeness (QED) is 0.711. The minimum absolute atomic E-state index is 0.113. The summed E-state index contributed by atoms with van der Waals surface area (Å²) in [6.45, 7) is 2.29. The second-order valence-corrected chi connectivity index (χ2v) is 5.97. The van der Waals surface area contributed by atoms with Crippen LogP contribution in [0.15, 0.2) is 51.7 Å². The number of anilines is 1. The molecule has 1 N–H and O–H groups in total. The molecule has 0 unspecified atom stereocenters. The normalized spacial score (nSPS) is 10.7. The van der Waals surface area contributed by atoms with E-state index in [1.807, 2.05) is 6.92 Å². The van der Waals surface area contributed by atoms with Crippen LogP contribution in [0.5, 0.6) is 5.75 Å². The maximum absolute atomic E-state index is 12.5. The predicted octanol–water partition coefficient (Wildman–Crippen LogP) is 4.75. The van der Waals surface area contributed by atoms with Crippen LogP contribution in [-0.2, 0) is 0 Å². The summed E-state index contributed by atoms with van der Waals surface area (Å²) in [5.74, 6) is -0.225. The lowest BCUT2D eigenvalue weighted by molar-refractivity contribution is 0.0996. The Bertz CT molecular complexity index is 1010. The van der Waals surface area contributed by atoms with Crippen molar-refractivity contribution in [2.75, 3.05) is 11.9 Å². The van der Waals surface area contributed by atoms with Crippen molar-refractivity contribution >= 4 is 45.8 Å². The fourth-order valence-electron chi connectivity index (χ4n) is 2.33. The highest BCUT2D eigenvalue weighted by molar-refractivity contribution is 6.38. The highest BCUT2D eigenvalue weighted by Crippen LogP contribution is 2.28. The van der Waals surface area contributed by atoms with Crippen molar-refractivity contribution < 1.29 is 13.9 Å². The third-order valence-electron chi connectivity index (χ3n) is 3.41. The van der Waals surface area contributed by atoms with E-state index in [1.54, 1.807) is 24.3 Å². The third kappa shape index (κ3) is 3.62. The smallest absolute Gasteiger partial charge is 0.291 e. The van der Waals surface area contributed by atoms with Gasteiger partial charge < -0.3 is 14.5 Å². The summed E-state index contributed by atoms with van der Waals surface area (Å²) in [6, 6.07) is 11.0. The van der Waals surface area contributed by atoms with E-state index in [-0.39, 0.29) is 21.8 Å². The standard InChI is InChI=1S/C18H13Cl2NO4/c1-2-24-15-6-4-3-5-13(15)21-18(23)16-9-14(22)11-7-10(19)8-12(20)17(11)25-16/h3-9H,2H2,1H3,(H,21,23). The Morgan fingerprint density at radius 1 is 1.20 bits per heavy atom. The molecule has 128 valence electrons. The fourth-order valence-corrected chi connectivity index (χ4v) is 2.86. The maximum Gasteiger partial charge on any atom is 0.291 e. The zero-order valence-corrected chi connectivity index (χ0v) is 14.6. The molecule has 0 aliphatic heterocycles. The number of carbonyl (C=O) groups excluding carboxylic acids is 1. The molecule has 0 spiro atoms. The molecule has 0 radical (unpaired) electrons. The third-order valence-corrected chi connectivity index (χ3v) is 3.91. The van der Waals surface area contributed by atoms with Crippen LogP contribution >= 0.6 is 23.2 Å². The molecule has 7 heteroatoms. The van der Waals surface area contributed by atoms with Gasteiger partial charge in [-0.25, -0.2) is 0 Å². The van der Waals surface area contributed by atoms with E-state index in [9.17, 15) is 9.59 Å². The van der Waals surface area contributed by atoms with Gasteiger partial charge >= 0.3 is 0 Å². The lowest BCUT2D eigenvalue weighted by atomic mass is 10.2. The van der Waals surface area contributed by atoms with Crippen molar-refractivity contribution in [1.29, 1.82) is 0 Å². The van der Waals surface area contributed by atoms with Crippen molar-refractivity contribution in [2.45, 2.75) is 6.92 Å². The van der Waals surface area contributed by atoms with Crippen LogP contribution < -0.4 is 15.5 Å². The topological polar surface area (TPSA) is 68.5 Å². The van der Waals surface area contributed by atoms with Crippen LogP contribution in [0.4, 0.5) is 5.69 Å². The molecule has 1 amide bonds. The highest BCUT2D eigenvalue weighted by Gasteiger charge is 2.16. The zero-order valence-electron chi connectivity index (χ0n) is 13.1. The number of amides is 1. The number of nitrogens with one attached hydrogen (secondary N) is 1. The van der Waals surface area contributed by atoms with Gasteiger partial charge in [-0.15, -0.1) is 0 Å². The van der Waals surface area contributed by atoms with Crippen molar-refractivity contribution in [3.63, 3.8) is 0 Å². The average molecular weight is 378 g/mol. The number of ether oxygens (including phenoxy) is 1. The molecule has 1 heterocycles. The van der Waals surface area contributed by atoms with Crippen LogP contribution in [0.1, 0.15) is 17.5 Å². The van der Waals surface area contributed by atoms with Crippen molar-refractivity contribution in [3.8, 4) is 5.75 Å². The summed E-state index contributed by atoms with van der Waals surface area (Å²) in [4.78, 5) is 24.7. The van der Waals surface area contributed by atoms with Crippen LogP contribution in [-0.4, -0.2) is 12.5 Å². The number of rotatable bonds is 4. The van der Waals surface area contributed by atoms with Gasteiger partial charge in [0.05, 0.1) is 22.7 Å². The Kier molecular flexibility index (Phi) is 4.97. The molecule has 3 aromatic rings. The fraction of sp³-hybridized carbons (Fsp3) is 0.111. The molecule has 5 nitrogen and oxygen atoms in total. The van der Waals surface area contributed by atoms with Gasteiger partial charge in [-0.05, 0) is 31.2 Å². The van der Waals surface area contributed by atoms with Gasteiger partial charge in [-0.2, -0.15) is 0 Å². The van der Waals surface area contributed by atoms with E-state index in [0.717, 1.165) is 6.07 Å². The van der Waals surface area contributed by atoms with E-state index in [1.165, 1.54) is 12.1 Å².